The quantitative estimate of drug-likeness (QED) is 0.746. The molecule has 1 saturated heterocycles. The molecule has 0 spiro atoms. The highest BCUT2D eigenvalue weighted by Crippen LogP contribution is 2.29. The van der Waals surface area contributed by atoms with Gasteiger partial charge in [0, 0.05) is 24.7 Å². The third-order valence-electron chi connectivity index (χ3n) is 6.77. The Balaban J connectivity index is 1.42. The van der Waals surface area contributed by atoms with Gasteiger partial charge in [0.15, 0.2) is 0 Å². The summed E-state index contributed by atoms with van der Waals surface area (Å²) in [5.41, 5.74) is 5.54. The first kappa shape index (κ1) is 22.0. The molecule has 1 aliphatic heterocycles. The van der Waals surface area contributed by atoms with Crippen molar-refractivity contribution in [1.82, 2.24) is 4.31 Å². The average Bonchev–Trinajstić information content (AvgIpc) is 2.80. The lowest BCUT2D eigenvalue weighted by molar-refractivity contribution is -0.120. The fraction of sp³-hybridized carbons (Fsp3) is 0.480. The highest BCUT2D eigenvalue weighted by atomic mass is 32.2. The van der Waals surface area contributed by atoms with E-state index in [1.807, 2.05) is 37.3 Å². The molecule has 0 bridgehead atoms. The van der Waals surface area contributed by atoms with Gasteiger partial charge in [-0.2, -0.15) is 4.31 Å². The van der Waals surface area contributed by atoms with E-state index < -0.39 is 10.0 Å². The Morgan fingerprint density at radius 3 is 2.48 bits per heavy atom. The van der Waals surface area contributed by atoms with Gasteiger partial charge in [-0.05, 0) is 86.3 Å². The summed E-state index contributed by atoms with van der Waals surface area (Å²) in [6, 6.07) is 11.7. The van der Waals surface area contributed by atoms with Gasteiger partial charge in [0.2, 0.25) is 15.9 Å². The van der Waals surface area contributed by atoms with Gasteiger partial charge in [-0.3, -0.25) is 4.79 Å². The summed E-state index contributed by atoms with van der Waals surface area (Å²) < 4.78 is 27.9. The van der Waals surface area contributed by atoms with Crippen LogP contribution >= 0.6 is 0 Å². The van der Waals surface area contributed by atoms with Gasteiger partial charge >= 0.3 is 0 Å². The van der Waals surface area contributed by atoms with Crippen LogP contribution in [-0.2, 0) is 34.1 Å². The second-order valence-electron chi connectivity index (χ2n) is 8.77. The van der Waals surface area contributed by atoms with Crippen LogP contribution in [0.1, 0.15) is 54.9 Å². The molecule has 1 amide bonds. The number of para-hydroxylation sites is 1. The summed E-state index contributed by atoms with van der Waals surface area (Å²) in [5.74, 6) is -0.172. The zero-order valence-electron chi connectivity index (χ0n) is 18.5. The molecule has 2 aromatic rings. The summed E-state index contributed by atoms with van der Waals surface area (Å²) in [5, 5.41) is 3.11. The van der Waals surface area contributed by atoms with E-state index in [1.54, 1.807) is 10.4 Å². The number of benzene rings is 2. The Bertz CT molecular complexity index is 1070. The van der Waals surface area contributed by atoms with E-state index in [4.69, 9.17) is 0 Å². The number of anilines is 1. The van der Waals surface area contributed by atoms with Crippen LogP contribution in [0.25, 0.3) is 0 Å². The zero-order valence-corrected chi connectivity index (χ0v) is 19.3. The number of sulfonamides is 1. The highest BCUT2D eigenvalue weighted by molar-refractivity contribution is 7.89. The smallest absolute Gasteiger partial charge is 0.243 e. The summed E-state index contributed by atoms with van der Waals surface area (Å²) in [4.78, 5) is 13.3. The first-order chi connectivity index (χ1) is 14.9. The molecule has 1 aliphatic carbocycles. The summed E-state index contributed by atoms with van der Waals surface area (Å²) >= 11 is 0. The minimum atomic E-state index is -3.52. The molecule has 166 valence electrons. The van der Waals surface area contributed by atoms with Crippen molar-refractivity contribution in [1.29, 1.82) is 0 Å². The fourth-order valence-electron chi connectivity index (χ4n) is 4.80. The number of hydrogen-bond donors (Lipinski definition) is 1. The van der Waals surface area contributed by atoms with E-state index in [1.165, 1.54) is 17.5 Å². The molecule has 0 saturated carbocycles. The maximum atomic E-state index is 13.2. The number of hydrogen-bond acceptors (Lipinski definition) is 3. The fourth-order valence-corrected chi connectivity index (χ4v) is 6.33. The second-order valence-corrected chi connectivity index (χ2v) is 10.7. The molecule has 5 nitrogen and oxygen atoms in total. The van der Waals surface area contributed by atoms with Crippen molar-refractivity contribution in [2.45, 2.75) is 63.7 Å². The van der Waals surface area contributed by atoms with Crippen molar-refractivity contribution in [3.63, 3.8) is 0 Å². The molecule has 0 unspecified atom stereocenters. The average molecular weight is 441 g/mol. The maximum absolute atomic E-state index is 13.2. The maximum Gasteiger partial charge on any atom is 0.243 e. The topological polar surface area (TPSA) is 66.5 Å². The number of carbonyl (C=O) groups excluding carboxylic acids is 1. The van der Waals surface area contributed by atoms with Crippen molar-refractivity contribution in [2.75, 3.05) is 18.4 Å². The first-order valence-electron chi connectivity index (χ1n) is 11.4. The molecule has 0 radical (unpaired) electrons. The Labute approximate surface area is 185 Å². The van der Waals surface area contributed by atoms with Crippen LogP contribution in [0.4, 0.5) is 5.69 Å². The van der Waals surface area contributed by atoms with Crippen molar-refractivity contribution >= 4 is 21.6 Å². The molecule has 0 aromatic heterocycles. The van der Waals surface area contributed by atoms with Gasteiger partial charge in [-0.25, -0.2) is 8.42 Å². The Morgan fingerprint density at radius 2 is 1.77 bits per heavy atom. The zero-order chi connectivity index (χ0) is 22.0. The van der Waals surface area contributed by atoms with Crippen LogP contribution < -0.4 is 5.32 Å². The van der Waals surface area contributed by atoms with Gasteiger partial charge in [-0.1, -0.05) is 31.2 Å². The van der Waals surface area contributed by atoms with E-state index in [2.05, 4.69) is 12.2 Å². The number of amides is 1. The molecule has 2 aliphatic rings. The number of carbonyl (C=O) groups is 1. The Morgan fingerprint density at radius 1 is 1.06 bits per heavy atom. The molecule has 6 heteroatoms. The van der Waals surface area contributed by atoms with Gasteiger partial charge in [0.1, 0.15) is 0 Å². The van der Waals surface area contributed by atoms with Gasteiger partial charge in [0.25, 0.3) is 0 Å². The largest absolute Gasteiger partial charge is 0.325 e. The van der Waals surface area contributed by atoms with Gasteiger partial charge < -0.3 is 5.32 Å². The molecule has 1 N–H and O–H groups in total. The van der Waals surface area contributed by atoms with Crippen LogP contribution in [0.2, 0.25) is 0 Å². The third-order valence-corrected chi connectivity index (χ3v) is 8.67. The number of fused-ring (bicyclic) bond motifs is 1. The standard InChI is InChI=1S/C25H32N2O3S/c1-3-19-10-6-7-18(2)24(19)26-25(28)21-13-15-27(16-14-21)31(29,30)23-12-11-20-8-4-5-9-22(20)17-23/h6-7,10-12,17,21H,3-5,8-9,13-16H2,1-2H3,(H,26,28). The minimum absolute atomic E-state index is 0.00479. The van der Waals surface area contributed by atoms with E-state index in [9.17, 15) is 13.2 Å². The van der Waals surface area contributed by atoms with Gasteiger partial charge in [0.05, 0.1) is 4.90 Å². The highest BCUT2D eigenvalue weighted by Gasteiger charge is 2.32. The molecular weight excluding hydrogens is 408 g/mol. The van der Waals surface area contributed by atoms with Crippen LogP contribution in [0.5, 0.6) is 0 Å². The van der Waals surface area contributed by atoms with Crippen molar-refractivity contribution < 1.29 is 13.2 Å². The number of rotatable bonds is 5. The van der Waals surface area contributed by atoms with Crippen LogP contribution in [0.3, 0.4) is 0 Å². The molecule has 4 rings (SSSR count). The number of nitrogens with zero attached hydrogens (tertiary/aromatic N) is 1. The van der Waals surface area contributed by atoms with E-state index >= 15 is 0 Å². The number of nitrogens with one attached hydrogen (secondary N) is 1. The Hall–Kier alpha value is -2.18. The van der Waals surface area contributed by atoms with Gasteiger partial charge in [-0.15, -0.1) is 0 Å². The first-order valence-corrected chi connectivity index (χ1v) is 12.9. The second kappa shape index (κ2) is 9.13. The van der Waals surface area contributed by atoms with E-state index in [0.29, 0.717) is 30.8 Å². The van der Waals surface area contributed by atoms with E-state index in [-0.39, 0.29) is 11.8 Å². The van der Waals surface area contributed by atoms with Crippen molar-refractivity contribution in [3.8, 4) is 0 Å². The van der Waals surface area contributed by atoms with Crippen LogP contribution in [0.15, 0.2) is 41.3 Å². The summed E-state index contributed by atoms with van der Waals surface area (Å²) in [6.45, 7) is 4.84. The molecule has 1 heterocycles. The number of piperidine rings is 1. The van der Waals surface area contributed by atoms with Crippen LogP contribution in [0, 0.1) is 12.8 Å². The summed E-state index contributed by atoms with van der Waals surface area (Å²) in [7, 11) is -3.52. The summed E-state index contributed by atoms with van der Waals surface area (Å²) in [6.07, 6.45) is 6.24. The molecule has 2 aromatic carbocycles. The Kier molecular flexibility index (Phi) is 6.49. The lowest BCUT2D eigenvalue weighted by Gasteiger charge is -2.31. The predicted octanol–water partition coefficient (Wildman–Crippen LogP) is 4.48. The lowest BCUT2D eigenvalue weighted by atomic mass is 9.92. The predicted molar refractivity (Wildman–Crippen MR) is 124 cm³/mol. The van der Waals surface area contributed by atoms with Crippen LogP contribution in [-0.4, -0.2) is 31.7 Å². The van der Waals surface area contributed by atoms with Crippen molar-refractivity contribution in [2.24, 2.45) is 5.92 Å². The molecular formula is C25H32N2O3S. The number of aryl methyl sites for hydroxylation is 4. The van der Waals surface area contributed by atoms with E-state index in [0.717, 1.165) is 42.5 Å². The lowest BCUT2D eigenvalue weighted by Crippen LogP contribution is -2.41. The minimum Gasteiger partial charge on any atom is -0.325 e. The molecule has 1 fully saturated rings. The molecule has 31 heavy (non-hydrogen) atoms. The monoisotopic (exact) mass is 440 g/mol. The SMILES string of the molecule is CCc1cccc(C)c1NC(=O)C1CCN(S(=O)(=O)c2ccc3c(c2)CCCC3)CC1. The third kappa shape index (κ3) is 4.55. The molecule has 0 atom stereocenters. The normalized spacial score (nSPS) is 17.9. The van der Waals surface area contributed by atoms with Crippen molar-refractivity contribution in [3.05, 3.63) is 58.7 Å².